The summed E-state index contributed by atoms with van der Waals surface area (Å²) in [5, 5.41) is 0. The molecular weight excluding hydrogens is 742 g/mol. The summed E-state index contributed by atoms with van der Waals surface area (Å²) in [4.78, 5) is 0. The Morgan fingerprint density at radius 1 is 0.441 bits per heavy atom. The number of aryl methyl sites for hydroxylation is 5. The van der Waals surface area contributed by atoms with Gasteiger partial charge in [0.25, 0.3) is 0 Å². The predicted octanol–water partition coefficient (Wildman–Crippen LogP) is 15.8. The molecule has 4 aliphatic rings. The van der Waals surface area contributed by atoms with Crippen molar-refractivity contribution in [2.45, 2.75) is 173 Å². The molecule has 3 heterocycles. The minimum absolute atomic E-state index is 0. The van der Waals surface area contributed by atoms with Gasteiger partial charge in [-0.2, -0.15) is 0 Å². The second-order valence-electron chi connectivity index (χ2n) is 18.2. The molecule has 3 aliphatic heterocycles. The molecule has 1 aliphatic carbocycles. The molecule has 2 saturated heterocycles. The Morgan fingerprint density at radius 3 is 1.14 bits per heavy atom. The fraction of sp³-hybridized carbons (Fsp3) is 0.623. The Morgan fingerprint density at radius 2 is 0.831 bits per heavy atom. The molecule has 6 heteroatoms. The summed E-state index contributed by atoms with van der Waals surface area (Å²) in [6, 6.07) is 16.3. The van der Waals surface area contributed by atoms with Gasteiger partial charge >= 0.3 is 0 Å². The third kappa shape index (κ3) is 26.8. The first kappa shape index (κ1) is 54.1. The maximum Gasteiger partial charge on any atom is 0.129 e. The van der Waals surface area contributed by atoms with E-state index in [4.69, 9.17) is 14.2 Å². The van der Waals surface area contributed by atoms with Gasteiger partial charge in [-0.15, -0.1) is 0 Å². The van der Waals surface area contributed by atoms with E-state index in [1.54, 1.807) is 19.9 Å². The van der Waals surface area contributed by atoms with Gasteiger partial charge < -0.3 is 14.2 Å². The molecule has 3 aromatic rings. The summed E-state index contributed by atoms with van der Waals surface area (Å²) in [6.45, 7) is 31.4. The summed E-state index contributed by atoms with van der Waals surface area (Å²) >= 11 is 0. The second kappa shape index (κ2) is 30.2. The number of hydrogen-bond acceptors (Lipinski definition) is 3. The van der Waals surface area contributed by atoms with Gasteiger partial charge in [-0.3, -0.25) is 0 Å². The molecule has 0 amide bonds. The van der Waals surface area contributed by atoms with E-state index in [1.807, 2.05) is 13.0 Å². The third-order valence-corrected chi connectivity index (χ3v) is 11.1. The SMILES string of the molecule is CC1=CCC(C)OC1.CC1CCC(C)CC1.CC1CCC(C)OC1.CC1CCC(C)OC1.Cc1cc(F)c(C)c(F)c1.Cc1ccc(C)c(F)c1.Cc1ccc(C)cc1.[HH]. The fourth-order valence-electron chi connectivity index (χ4n) is 6.33. The average Bonchev–Trinajstić information content (AvgIpc) is 3.19. The predicted molar refractivity (Wildman–Crippen MR) is 248 cm³/mol. The lowest BCUT2D eigenvalue weighted by Crippen LogP contribution is -2.21. The van der Waals surface area contributed by atoms with E-state index in [1.165, 1.54) is 93.2 Å². The van der Waals surface area contributed by atoms with E-state index in [-0.39, 0.29) is 12.8 Å². The first-order valence-electron chi connectivity index (χ1n) is 22.4. The molecule has 7 rings (SSSR count). The van der Waals surface area contributed by atoms with Gasteiger partial charge in [0, 0.05) is 20.2 Å². The van der Waals surface area contributed by atoms with E-state index in [0.29, 0.717) is 29.4 Å². The molecule has 0 bridgehead atoms. The molecule has 3 aromatic carbocycles. The molecular formula is C53H85F3O3. The van der Waals surface area contributed by atoms with Crippen molar-refractivity contribution in [1.29, 1.82) is 0 Å². The van der Waals surface area contributed by atoms with Crippen LogP contribution in [-0.2, 0) is 14.2 Å². The highest BCUT2D eigenvalue weighted by molar-refractivity contribution is 5.24. The van der Waals surface area contributed by atoms with Crippen molar-refractivity contribution >= 4 is 0 Å². The summed E-state index contributed by atoms with van der Waals surface area (Å²) < 4.78 is 53.9. The van der Waals surface area contributed by atoms with Crippen LogP contribution in [0.15, 0.2) is 66.2 Å². The smallest absolute Gasteiger partial charge is 0.129 e. The van der Waals surface area contributed by atoms with Gasteiger partial charge in [-0.05, 0) is 160 Å². The topological polar surface area (TPSA) is 27.7 Å². The number of halogens is 3. The van der Waals surface area contributed by atoms with Gasteiger partial charge in [0.1, 0.15) is 17.5 Å². The van der Waals surface area contributed by atoms with Gasteiger partial charge in [0.15, 0.2) is 0 Å². The van der Waals surface area contributed by atoms with Gasteiger partial charge in [0.05, 0.1) is 24.9 Å². The van der Waals surface area contributed by atoms with E-state index < -0.39 is 11.6 Å². The maximum absolute atomic E-state index is 12.6. The summed E-state index contributed by atoms with van der Waals surface area (Å²) in [6.07, 6.45) is 15.9. The van der Waals surface area contributed by atoms with Crippen molar-refractivity contribution in [3.05, 3.63) is 117 Å². The Labute approximate surface area is 361 Å². The summed E-state index contributed by atoms with van der Waals surface area (Å²) in [5.74, 6) is 2.57. The number of rotatable bonds is 0. The molecule has 1 saturated carbocycles. The number of ether oxygens (including phenoxy) is 3. The molecule has 0 aromatic heterocycles. The van der Waals surface area contributed by atoms with Crippen LogP contribution in [0.25, 0.3) is 0 Å². The van der Waals surface area contributed by atoms with Crippen LogP contribution in [0.3, 0.4) is 0 Å². The highest BCUT2D eigenvalue weighted by Gasteiger charge is 2.15. The molecule has 336 valence electrons. The van der Waals surface area contributed by atoms with Gasteiger partial charge in [-0.1, -0.05) is 113 Å². The Balaban J connectivity index is 0.000000676. The lowest BCUT2D eigenvalue weighted by atomic mass is 9.84. The van der Waals surface area contributed by atoms with E-state index in [9.17, 15) is 13.2 Å². The van der Waals surface area contributed by atoms with E-state index in [0.717, 1.165) is 55.5 Å². The van der Waals surface area contributed by atoms with Crippen molar-refractivity contribution in [2.75, 3.05) is 19.8 Å². The fourth-order valence-corrected chi connectivity index (χ4v) is 6.33. The number of hydrogen-bond donors (Lipinski definition) is 0. The monoisotopic (exact) mass is 827 g/mol. The molecule has 0 radical (unpaired) electrons. The standard InChI is InChI=1S/C8H8F2.C8H9F.C8H16.C8H10.2C7H14O.C7H12O.H2/c1-5-3-7(9)6(2)8(10)4-5;1-6-3-4-7(2)8(9)5-6;2*1-7-3-5-8(2)6-4-7;3*1-6-3-4-7(2)8-5-6;/h3-4H,1-2H3;3-5H,1-2H3;7-8H,3-6H2,1-2H3;3-6H,1-2H3;2*6-7H,3-5H2,1-2H3;3,7H,4-5H2,1-2H3;1H. The van der Waals surface area contributed by atoms with Crippen LogP contribution in [0.5, 0.6) is 0 Å². The molecule has 59 heavy (non-hydrogen) atoms. The van der Waals surface area contributed by atoms with Crippen molar-refractivity contribution in [1.82, 2.24) is 0 Å². The van der Waals surface area contributed by atoms with Crippen molar-refractivity contribution in [2.24, 2.45) is 23.7 Å². The van der Waals surface area contributed by atoms with Crippen molar-refractivity contribution in [3.8, 4) is 0 Å². The average molecular weight is 827 g/mol. The molecule has 3 nitrogen and oxygen atoms in total. The van der Waals surface area contributed by atoms with Crippen LogP contribution >= 0.6 is 0 Å². The number of benzene rings is 3. The molecule has 5 atom stereocenters. The van der Waals surface area contributed by atoms with Crippen molar-refractivity contribution in [3.63, 3.8) is 0 Å². The Kier molecular flexibility index (Phi) is 27.6. The highest BCUT2D eigenvalue weighted by atomic mass is 19.1. The van der Waals surface area contributed by atoms with Crippen molar-refractivity contribution < 1.29 is 28.8 Å². The molecule has 0 N–H and O–H groups in total. The van der Waals surface area contributed by atoms with E-state index in [2.05, 4.69) is 99.6 Å². The Bertz CT molecular complexity index is 1450. The lowest BCUT2D eigenvalue weighted by molar-refractivity contribution is 0.000174. The molecule has 0 spiro atoms. The Hall–Kier alpha value is -2.93. The largest absolute Gasteiger partial charge is 0.378 e. The lowest BCUT2D eigenvalue weighted by Gasteiger charge is -2.23. The second-order valence-corrected chi connectivity index (χ2v) is 18.2. The first-order chi connectivity index (χ1) is 27.7. The van der Waals surface area contributed by atoms with Crippen LogP contribution < -0.4 is 0 Å². The third-order valence-electron chi connectivity index (χ3n) is 11.1. The zero-order valence-corrected chi connectivity index (χ0v) is 39.7. The zero-order chi connectivity index (χ0) is 44.5. The van der Waals surface area contributed by atoms with E-state index >= 15 is 0 Å². The summed E-state index contributed by atoms with van der Waals surface area (Å²) in [5.41, 5.74) is 6.40. The van der Waals surface area contributed by atoms with Crippen LogP contribution in [0.2, 0.25) is 0 Å². The van der Waals surface area contributed by atoms with Gasteiger partial charge in [-0.25, -0.2) is 13.2 Å². The first-order valence-corrected chi connectivity index (χ1v) is 22.4. The quantitative estimate of drug-likeness (QED) is 0.211. The van der Waals surface area contributed by atoms with Crippen LogP contribution in [0.1, 0.15) is 148 Å². The minimum Gasteiger partial charge on any atom is -0.378 e. The zero-order valence-electron chi connectivity index (χ0n) is 39.7. The molecule has 5 unspecified atom stereocenters. The van der Waals surface area contributed by atoms with Gasteiger partial charge in [0.2, 0.25) is 0 Å². The normalized spacial score (nSPS) is 24.6. The highest BCUT2D eigenvalue weighted by Crippen LogP contribution is 2.27. The maximum atomic E-state index is 12.6. The molecule has 3 fully saturated rings. The minimum atomic E-state index is -0.475. The van der Waals surface area contributed by atoms with Crippen LogP contribution in [0.4, 0.5) is 13.2 Å². The van der Waals surface area contributed by atoms with Crippen LogP contribution in [0, 0.1) is 82.7 Å². The van der Waals surface area contributed by atoms with Crippen LogP contribution in [-0.4, -0.2) is 38.1 Å². The summed E-state index contributed by atoms with van der Waals surface area (Å²) in [7, 11) is 0.